The number of ether oxygens (including phenoxy) is 1. The third kappa shape index (κ3) is 3.50. The number of nitrogens with zero attached hydrogens (tertiary/aromatic N) is 4. The highest BCUT2D eigenvalue weighted by molar-refractivity contribution is 7.16. The van der Waals surface area contributed by atoms with E-state index in [4.69, 9.17) is 14.7 Å². The van der Waals surface area contributed by atoms with E-state index in [1.807, 2.05) is 30.3 Å². The molecule has 0 unspecified atom stereocenters. The SMILES string of the molecule is Cn1c(=NC(=Nc2ccccc2)N2CCOCC2)sc2ccccc21. The molecule has 4 rings (SSSR count). The molecule has 0 radical (unpaired) electrons. The number of aryl methyl sites for hydroxylation is 1. The molecular weight excluding hydrogens is 332 g/mol. The first-order valence-electron chi connectivity index (χ1n) is 8.37. The molecule has 2 heterocycles. The summed E-state index contributed by atoms with van der Waals surface area (Å²) in [6.45, 7) is 3.04. The molecular formula is C19H20N4OS. The Bertz CT molecular complexity index is 952. The summed E-state index contributed by atoms with van der Waals surface area (Å²) in [5, 5.41) is 0. The number of para-hydroxylation sites is 2. The van der Waals surface area contributed by atoms with Gasteiger partial charge in [0.05, 0.1) is 29.1 Å². The fraction of sp³-hybridized carbons (Fsp3) is 0.263. The number of guanidine groups is 1. The van der Waals surface area contributed by atoms with Crippen molar-refractivity contribution in [2.75, 3.05) is 26.3 Å². The van der Waals surface area contributed by atoms with Gasteiger partial charge in [0.2, 0.25) is 5.96 Å². The monoisotopic (exact) mass is 352 g/mol. The van der Waals surface area contributed by atoms with Crippen molar-refractivity contribution in [2.45, 2.75) is 0 Å². The van der Waals surface area contributed by atoms with E-state index in [1.165, 1.54) is 10.2 Å². The molecule has 1 fully saturated rings. The van der Waals surface area contributed by atoms with Crippen LogP contribution in [0.2, 0.25) is 0 Å². The molecule has 1 aliphatic rings. The number of hydrogen-bond donors (Lipinski definition) is 0. The van der Waals surface area contributed by atoms with Crippen molar-refractivity contribution in [3.8, 4) is 0 Å². The van der Waals surface area contributed by atoms with Crippen molar-refractivity contribution in [1.29, 1.82) is 0 Å². The molecule has 1 aromatic heterocycles. The van der Waals surface area contributed by atoms with Crippen LogP contribution in [0.4, 0.5) is 5.69 Å². The molecule has 3 aromatic rings. The molecule has 0 N–H and O–H groups in total. The Labute approximate surface area is 150 Å². The Morgan fingerprint density at radius 3 is 2.48 bits per heavy atom. The number of aromatic nitrogens is 1. The standard InChI is InChI=1S/C19H20N4OS/c1-22-16-9-5-6-10-17(16)25-19(22)21-18(23-11-13-24-14-12-23)20-15-7-3-2-4-8-15/h2-10H,11-14H2,1H3. The van der Waals surface area contributed by atoms with Crippen LogP contribution < -0.4 is 4.80 Å². The smallest absolute Gasteiger partial charge is 0.228 e. The second kappa shape index (κ2) is 7.21. The molecule has 1 aliphatic heterocycles. The van der Waals surface area contributed by atoms with Crippen molar-refractivity contribution < 1.29 is 4.74 Å². The van der Waals surface area contributed by atoms with Crippen molar-refractivity contribution in [3.05, 3.63) is 59.4 Å². The lowest BCUT2D eigenvalue weighted by Gasteiger charge is -2.27. The van der Waals surface area contributed by atoms with Crippen molar-refractivity contribution >= 4 is 33.2 Å². The zero-order valence-corrected chi connectivity index (χ0v) is 14.9. The summed E-state index contributed by atoms with van der Waals surface area (Å²) in [5.74, 6) is 0.747. The summed E-state index contributed by atoms with van der Waals surface area (Å²) in [4.78, 5) is 12.9. The van der Waals surface area contributed by atoms with Gasteiger partial charge in [-0.15, -0.1) is 0 Å². The van der Waals surface area contributed by atoms with Gasteiger partial charge < -0.3 is 14.2 Å². The Morgan fingerprint density at radius 1 is 1.00 bits per heavy atom. The molecule has 2 aromatic carbocycles. The molecule has 0 spiro atoms. The third-order valence-electron chi connectivity index (χ3n) is 4.19. The second-order valence-electron chi connectivity index (χ2n) is 5.87. The van der Waals surface area contributed by atoms with Crippen LogP contribution in [-0.4, -0.2) is 41.7 Å². The van der Waals surface area contributed by atoms with E-state index in [2.05, 4.69) is 40.8 Å². The molecule has 0 aliphatic carbocycles. The van der Waals surface area contributed by atoms with E-state index >= 15 is 0 Å². The fourth-order valence-electron chi connectivity index (χ4n) is 2.82. The Hall–Kier alpha value is -2.44. The summed E-state index contributed by atoms with van der Waals surface area (Å²) in [6.07, 6.45) is 0. The van der Waals surface area contributed by atoms with Gasteiger partial charge in [-0.2, -0.15) is 4.99 Å². The van der Waals surface area contributed by atoms with Gasteiger partial charge in [0.15, 0.2) is 4.80 Å². The van der Waals surface area contributed by atoms with Crippen LogP contribution in [0.15, 0.2) is 64.6 Å². The largest absolute Gasteiger partial charge is 0.378 e. The number of rotatable bonds is 1. The number of hydrogen-bond acceptors (Lipinski definition) is 3. The van der Waals surface area contributed by atoms with Crippen molar-refractivity contribution in [3.63, 3.8) is 0 Å². The minimum atomic E-state index is 0.710. The van der Waals surface area contributed by atoms with Gasteiger partial charge in [0.1, 0.15) is 0 Å². The maximum atomic E-state index is 5.48. The first-order chi connectivity index (χ1) is 12.3. The predicted octanol–water partition coefficient (Wildman–Crippen LogP) is 3.16. The number of benzene rings is 2. The average Bonchev–Trinajstić information content (AvgIpc) is 2.99. The average molecular weight is 352 g/mol. The zero-order chi connectivity index (χ0) is 17.1. The van der Waals surface area contributed by atoms with Gasteiger partial charge in [0, 0.05) is 20.1 Å². The summed E-state index contributed by atoms with van der Waals surface area (Å²) in [7, 11) is 2.05. The molecule has 0 saturated carbocycles. The second-order valence-corrected chi connectivity index (χ2v) is 6.88. The molecule has 1 saturated heterocycles. The minimum Gasteiger partial charge on any atom is -0.378 e. The topological polar surface area (TPSA) is 42.1 Å². The van der Waals surface area contributed by atoms with E-state index in [-0.39, 0.29) is 0 Å². The fourth-order valence-corrected chi connectivity index (χ4v) is 3.84. The van der Waals surface area contributed by atoms with E-state index in [0.29, 0.717) is 13.2 Å². The van der Waals surface area contributed by atoms with E-state index in [1.54, 1.807) is 11.3 Å². The van der Waals surface area contributed by atoms with Crippen LogP contribution >= 0.6 is 11.3 Å². The Kier molecular flexibility index (Phi) is 4.63. The summed E-state index contributed by atoms with van der Waals surface area (Å²) >= 11 is 1.68. The van der Waals surface area contributed by atoms with E-state index in [9.17, 15) is 0 Å². The molecule has 0 atom stereocenters. The number of morpholine rings is 1. The first kappa shape index (κ1) is 16.1. The highest BCUT2D eigenvalue weighted by Gasteiger charge is 2.15. The van der Waals surface area contributed by atoms with Gasteiger partial charge in [0.25, 0.3) is 0 Å². The van der Waals surface area contributed by atoms with Crippen LogP contribution in [-0.2, 0) is 11.8 Å². The van der Waals surface area contributed by atoms with Crippen molar-refractivity contribution in [2.24, 2.45) is 17.0 Å². The highest BCUT2D eigenvalue weighted by Crippen LogP contribution is 2.16. The quantitative estimate of drug-likeness (QED) is 0.499. The first-order valence-corrected chi connectivity index (χ1v) is 9.19. The molecule has 5 nitrogen and oxygen atoms in total. The molecule has 128 valence electrons. The van der Waals surface area contributed by atoms with E-state index in [0.717, 1.165) is 29.5 Å². The normalized spacial score (nSPS) is 16.6. The maximum Gasteiger partial charge on any atom is 0.228 e. The maximum absolute atomic E-state index is 5.48. The highest BCUT2D eigenvalue weighted by atomic mass is 32.1. The Balaban J connectivity index is 1.82. The number of thiazole rings is 1. The Morgan fingerprint density at radius 2 is 1.72 bits per heavy atom. The van der Waals surface area contributed by atoms with Gasteiger partial charge in [-0.05, 0) is 24.3 Å². The number of aliphatic imine (C=N–C) groups is 1. The van der Waals surface area contributed by atoms with Crippen LogP contribution in [0.1, 0.15) is 0 Å². The minimum absolute atomic E-state index is 0.710. The van der Waals surface area contributed by atoms with Crippen LogP contribution in [0.25, 0.3) is 10.2 Å². The summed E-state index contributed by atoms with van der Waals surface area (Å²) < 4.78 is 8.83. The van der Waals surface area contributed by atoms with Gasteiger partial charge in [-0.3, -0.25) is 0 Å². The summed E-state index contributed by atoms with van der Waals surface area (Å²) in [5.41, 5.74) is 2.10. The van der Waals surface area contributed by atoms with Crippen LogP contribution in [0.5, 0.6) is 0 Å². The van der Waals surface area contributed by atoms with Crippen LogP contribution in [0.3, 0.4) is 0 Å². The number of fused-ring (bicyclic) bond motifs is 1. The molecule has 0 amide bonds. The molecule has 0 bridgehead atoms. The lowest BCUT2D eigenvalue weighted by atomic mass is 10.3. The van der Waals surface area contributed by atoms with Crippen LogP contribution in [0, 0.1) is 0 Å². The lowest BCUT2D eigenvalue weighted by Crippen LogP contribution is -2.40. The zero-order valence-electron chi connectivity index (χ0n) is 14.1. The molecule has 25 heavy (non-hydrogen) atoms. The lowest BCUT2D eigenvalue weighted by molar-refractivity contribution is 0.0675. The van der Waals surface area contributed by atoms with Gasteiger partial charge in [-0.1, -0.05) is 41.7 Å². The van der Waals surface area contributed by atoms with Crippen molar-refractivity contribution in [1.82, 2.24) is 9.47 Å². The predicted molar refractivity (Wildman–Crippen MR) is 102 cm³/mol. The van der Waals surface area contributed by atoms with E-state index < -0.39 is 0 Å². The third-order valence-corrected chi connectivity index (χ3v) is 5.30. The molecule has 6 heteroatoms. The van der Waals surface area contributed by atoms with Gasteiger partial charge >= 0.3 is 0 Å². The summed E-state index contributed by atoms with van der Waals surface area (Å²) in [6, 6.07) is 18.3. The van der Waals surface area contributed by atoms with Gasteiger partial charge in [-0.25, -0.2) is 4.99 Å².